The molecule has 0 N–H and O–H groups in total. The second kappa shape index (κ2) is 6.69. The number of anilines is 1. The normalized spacial score (nSPS) is 10.3. The second-order valence-corrected chi connectivity index (χ2v) is 4.91. The van der Waals surface area contributed by atoms with Gasteiger partial charge in [-0.15, -0.1) is 5.10 Å². The Morgan fingerprint density at radius 1 is 1.13 bits per heavy atom. The van der Waals surface area contributed by atoms with Crippen molar-refractivity contribution in [1.82, 2.24) is 20.2 Å². The van der Waals surface area contributed by atoms with Crippen LogP contribution in [0, 0.1) is 0 Å². The molecule has 0 radical (unpaired) electrons. The van der Waals surface area contributed by atoms with E-state index in [0.717, 1.165) is 11.3 Å². The van der Waals surface area contributed by atoms with E-state index in [1.807, 2.05) is 42.5 Å². The topological polar surface area (TPSA) is 73.1 Å². The van der Waals surface area contributed by atoms with Crippen molar-refractivity contribution in [2.75, 3.05) is 11.9 Å². The van der Waals surface area contributed by atoms with E-state index < -0.39 is 6.09 Å². The number of amides is 1. The zero-order valence-electron chi connectivity index (χ0n) is 12.5. The van der Waals surface area contributed by atoms with Crippen molar-refractivity contribution >= 4 is 11.8 Å². The third kappa shape index (κ3) is 3.70. The summed E-state index contributed by atoms with van der Waals surface area (Å²) in [6.07, 6.45) is 1.10. The van der Waals surface area contributed by atoms with Gasteiger partial charge in [0.05, 0.1) is 6.54 Å². The molecule has 0 saturated carbocycles. The van der Waals surface area contributed by atoms with Gasteiger partial charge in [-0.05, 0) is 40.3 Å². The zero-order valence-corrected chi connectivity index (χ0v) is 12.5. The summed E-state index contributed by atoms with van der Waals surface area (Å²) in [4.78, 5) is 13.6. The third-order valence-electron chi connectivity index (χ3n) is 3.28. The summed E-state index contributed by atoms with van der Waals surface area (Å²) in [6, 6.07) is 16.5. The van der Waals surface area contributed by atoms with Crippen molar-refractivity contribution < 1.29 is 9.53 Å². The van der Waals surface area contributed by atoms with Gasteiger partial charge < -0.3 is 4.74 Å². The number of rotatable bonds is 4. The summed E-state index contributed by atoms with van der Waals surface area (Å²) in [5.74, 6) is 0.484. The highest BCUT2D eigenvalue weighted by Gasteiger charge is 2.12. The molecule has 0 fully saturated rings. The molecule has 3 aromatic rings. The number of para-hydroxylation sites is 1. The minimum atomic E-state index is -0.440. The first-order chi connectivity index (χ1) is 11.2. The molecule has 0 saturated heterocycles. The van der Waals surface area contributed by atoms with Gasteiger partial charge in [-0.2, -0.15) is 0 Å². The molecule has 0 aliphatic rings. The fraction of sp³-hybridized carbons (Fsp3) is 0.125. The van der Waals surface area contributed by atoms with Gasteiger partial charge in [0.2, 0.25) is 0 Å². The molecule has 1 aromatic heterocycles. The maximum atomic E-state index is 12.1. The van der Waals surface area contributed by atoms with Gasteiger partial charge in [0.1, 0.15) is 12.1 Å². The van der Waals surface area contributed by atoms with Crippen LogP contribution in [0.25, 0.3) is 0 Å². The zero-order chi connectivity index (χ0) is 16.1. The average Bonchev–Trinajstić information content (AvgIpc) is 3.10. The Morgan fingerprint density at radius 2 is 1.87 bits per heavy atom. The summed E-state index contributed by atoms with van der Waals surface area (Å²) < 4.78 is 6.98. The van der Waals surface area contributed by atoms with Gasteiger partial charge in [-0.1, -0.05) is 30.3 Å². The lowest BCUT2D eigenvalue weighted by molar-refractivity contribution is 0.209. The number of hydrogen-bond donors (Lipinski definition) is 0. The van der Waals surface area contributed by atoms with Crippen molar-refractivity contribution in [1.29, 1.82) is 0 Å². The SMILES string of the molecule is CN(C(=O)Oc1ccc(Cn2cnnn2)cc1)c1ccccc1. The van der Waals surface area contributed by atoms with E-state index in [4.69, 9.17) is 4.74 Å². The highest BCUT2D eigenvalue weighted by atomic mass is 16.6. The van der Waals surface area contributed by atoms with Crippen LogP contribution in [-0.4, -0.2) is 33.3 Å². The van der Waals surface area contributed by atoms with Crippen LogP contribution >= 0.6 is 0 Å². The Hall–Kier alpha value is -3.22. The van der Waals surface area contributed by atoms with E-state index in [9.17, 15) is 4.79 Å². The van der Waals surface area contributed by atoms with Gasteiger partial charge in [0, 0.05) is 12.7 Å². The summed E-state index contributed by atoms with van der Waals surface area (Å²) in [6.45, 7) is 0.561. The van der Waals surface area contributed by atoms with Crippen LogP contribution in [0.15, 0.2) is 60.9 Å². The molecule has 3 rings (SSSR count). The predicted octanol–water partition coefficient (Wildman–Crippen LogP) is 2.36. The lowest BCUT2D eigenvalue weighted by atomic mass is 10.2. The van der Waals surface area contributed by atoms with Gasteiger partial charge in [-0.25, -0.2) is 9.48 Å². The Balaban J connectivity index is 1.62. The summed E-state index contributed by atoms with van der Waals surface area (Å²) in [5.41, 5.74) is 1.78. The molecule has 0 spiro atoms. The maximum absolute atomic E-state index is 12.1. The molecule has 0 bridgehead atoms. The van der Waals surface area contributed by atoms with Crippen LogP contribution in [-0.2, 0) is 6.54 Å². The molecular weight excluding hydrogens is 294 g/mol. The lowest BCUT2D eigenvalue weighted by Crippen LogP contribution is -2.29. The number of aromatic nitrogens is 4. The number of benzene rings is 2. The van der Waals surface area contributed by atoms with E-state index in [2.05, 4.69) is 15.5 Å². The number of carbonyl (C=O) groups excluding carboxylic acids is 1. The average molecular weight is 309 g/mol. The van der Waals surface area contributed by atoms with Gasteiger partial charge in [0.25, 0.3) is 0 Å². The van der Waals surface area contributed by atoms with Crippen molar-refractivity contribution in [3.8, 4) is 5.75 Å². The molecule has 7 nitrogen and oxygen atoms in total. The van der Waals surface area contributed by atoms with E-state index in [1.165, 1.54) is 4.90 Å². The van der Waals surface area contributed by atoms with Gasteiger partial charge in [0.15, 0.2) is 0 Å². The molecule has 2 aromatic carbocycles. The number of nitrogens with zero attached hydrogens (tertiary/aromatic N) is 5. The summed E-state index contributed by atoms with van der Waals surface area (Å²) >= 11 is 0. The van der Waals surface area contributed by atoms with Crippen LogP contribution in [0.5, 0.6) is 5.75 Å². The summed E-state index contributed by atoms with van der Waals surface area (Å²) in [5, 5.41) is 11.0. The Morgan fingerprint density at radius 3 is 2.52 bits per heavy atom. The molecule has 0 aliphatic carbocycles. The van der Waals surface area contributed by atoms with Crippen LogP contribution in [0.4, 0.5) is 10.5 Å². The molecule has 23 heavy (non-hydrogen) atoms. The third-order valence-corrected chi connectivity index (χ3v) is 3.28. The van der Waals surface area contributed by atoms with Crippen molar-refractivity contribution in [3.05, 3.63) is 66.5 Å². The van der Waals surface area contributed by atoms with E-state index in [1.54, 1.807) is 30.2 Å². The van der Waals surface area contributed by atoms with Crippen LogP contribution in [0.3, 0.4) is 0 Å². The molecule has 7 heteroatoms. The number of tetrazole rings is 1. The van der Waals surface area contributed by atoms with Gasteiger partial charge in [-0.3, -0.25) is 4.90 Å². The monoisotopic (exact) mass is 309 g/mol. The van der Waals surface area contributed by atoms with E-state index in [0.29, 0.717) is 12.3 Å². The number of carbonyl (C=O) groups is 1. The maximum Gasteiger partial charge on any atom is 0.419 e. The van der Waals surface area contributed by atoms with Crippen LogP contribution in [0.2, 0.25) is 0 Å². The molecule has 116 valence electrons. The van der Waals surface area contributed by atoms with Crippen LogP contribution < -0.4 is 9.64 Å². The van der Waals surface area contributed by atoms with Crippen molar-refractivity contribution in [3.63, 3.8) is 0 Å². The summed E-state index contributed by atoms with van der Waals surface area (Å²) in [7, 11) is 1.67. The highest BCUT2D eigenvalue weighted by molar-refractivity contribution is 5.88. The largest absolute Gasteiger partial charge is 0.419 e. The highest BCUT2D eigenvalue weighted by Crippen LogP contribution is 2.17. The first-order valence-corrected chi connectivity index (χ1v) is 7.03. The van der Waals surface area contributed by atoms with Gasteiger partial charge >= 0.3 is 6.09 Å². The van der Waals surface area contributed by atoms with Crippen LogP contribution in [0.1, 0.15) is 5.56 Å². The van der Waals surface area contributed by atoms with E-state index in [-0.39, 0.29) is 0 Å². The minimum absolute atomic E-state index is 0.440. The smallest absolute Gasteiger partial charge is 0.410 e. The Kier molecular flexibility index (Phi) is 4.28. The standard InChI is InChI=1S/C16H15N5O2/c1-20(14-5-3-2-4-6-14)16(22)23-15-9-7-13(8-10-15)11-21-12-17-18-19-21/h2-10,12H,11H2,1H3. The molecule has 0 atom stereocenters. The minimum Gasteiger partial charge on any atom is -0.410 e. The van der Waals surface area contributed by atoms with Crippen molar-refractivity contribution in [2.24, 2.45) is 0 Å². The lowest BCUT2D eigenvalue weighted by Gasteiger charge is -2.16. The fourth-order valence-corrected chi connectivity index (χ4v) is 2.03. The van der Waals surface area contributed by atoms with E-state index >= 15 is 0 Å². The molecule has 1 amide bonds. The number of ether oxygens (including phenoxy) is 1. The fourth-order valence-electron chi connectivity index (χ4n) is 2.03. The number of hydrogen-bond acceptors (Lipinski definition) is 5. The Labute approximate surface area is 133 Å². The van der Waals surface area contributed by atoms with Crippen molar-refractivity contribution in [2.45, 2.75) is 6.54 Å². The molecule has 0 aliphatic heterocycles. The molecule has 1 heterocycles. The first-order valence-electron chi connectivity index (χ1n) is 7.03. The predicted molar refractivity (Wildman–Crippen MR) is 84.2 cm³/mol. The second-order valence-electron chi connectivity index (χ2n) is 4.91. The molecule has 0 unspecified atom stereocenters. The Bertz CT molecular complexity index is 757. The molecular formula is C16H15N5O2. The first kappa shape index (κ1) is 14.7. The quantitative estimate of drug-likeness (QED) is 0.739.